The van der Waals surface area contributed by atoms with E-state index in [0.29, 0.717) is 6.54 Å². The molecular formula is C11H13N3O2S2. The normalized spacial score (nSPS) is 11.4. The van der Waals surface area contributed by atoms with Crippen LogP contribution >= 0.6 is 11.3 Å². The summed E-state index contributed by atoms with van der Waals surface area (Å²) in [6.45, 7) is 2.52. The van der Waals surface area contributed by atoms with Crippen LogP contribution in [0.4, 0.5) is 5.69 Å². The first kappa shape index (κ1) is 13.0. The molecule has 1 heterocycles. The number of aromatic nitrogens is 1. The number of nitrogens with one attached hydrogen (secondary N) is 1. The summed E-state index contributed by atoms with van der Waals surface area (Å²) in [5.74, 6) is 0. The zero-order valence-corrected chi connectivity index (χ0v) is 11.4. The van der Waals surface area contributed by atoms with Gasteiger partial charge in [0.25, 0.3) is 0 Å². The smallest absolute Gasteiger partial charge is 0.238 e. The van der Waals surface area contributed by atoms with Crippen LogP contribution in [-0.2, 0) is 16.6 Å². The third-order valence-electron chi connectivity index (χ3n) is 2.47. The van der Waals surface area contributed by atoms with Crippen molar-refractivity contribution in [2.75, 3.05) is 5.32 Å². The van der Waals surface area contributed by atoms with Gasteiger partial charge in [0, 0.05) is 16.8 Å². The lowest BCUT2D eigenvalue weighted by Crippen LogP contribution is -2.12. The molecule has 18 heavy (non-hydrogen) atoms. The average molecular weight is 283 g/mol. The minimum atomic E-state index is -3.66. The predicted octanol–water partition coefficient (Wildman–Crippen LogP) is 1.71. The van der Waals surface area contributed by atoms with Crippen molar-refractivity contribution in [1.29, 1.82) is 0 Å². The topological polar surface area (TPSA) is 85.1 Å². The molecule has 0 aliphatic rings. The molecule has 3 N–H and O–H groups in total. The first-order valence-electron chi connectivity index (χ1n) is 5.21. The molecule has 2 aromatic rings. The molecular weight excluding hydrogens is 270 g/mol. The van der Waals surface area contributed by atoms with Gasteiger partial charge in [-0.25, -0.2) is 13.6 Å². The van der Waals surface area contributed by atoms with Crippen LogP contribution in [0.3, 0.4) is 0 Å². The van der Waals surface area contributed by atoms with Gasteiger partial charge in [-0.1, -0.05) is 6.07 Å². The molecule has 0 aliphatic heterocycles. The zero-order valence-electron chi connectivity index (χ0n) is 9.75. The second kappa shape index (κ2) is 5.05. The van der Waals surface area contributed by atoms with Gasteiger partial charge in [0.1, 0.15) is 0 Å². The van der Waals surface area contributed by atoms with E-state index in [9.17, 15) is 8.42 Å². The number of aryl methyl sites for hydroxylation is 1. The maximum Gasteiger partial charge on any atom is 0.238 e. The van der Waals surface area contributed by atoms with Crippen molar-refractivity contribution < 1.29 is 8.42 Å². The molecule has 0 saturated carbocycles. The maximum absolute atomic E-state index is 11.3. The zero-order chi connectivity index (χ0) is 13.2. The van der Waals surface area contributed by atoms with Crippen LogP contribution in [0.1, 0.15) is 10.4 Å². The Balaban J connectivity index is 2.22. The number of nitrogens with zero attached hydrogens (tertiary/aromatic N) is 1. The summed E-state index contributed by atoms with van der Waals surface area (Å²) in [7, 11) is -3.66. The summed E-state index contributed by atoms with van der Waals surface area (Å²) < 4.78 is 22.5. The highest BCUT2D eigenvalue weighted by Crippen LogP contribution is 2.20. The van der Waals surface area contributed by atoms with Crippen LogP contribution in [-0.4, -0.2) is 13.4 Å². The van der Waals surface area contributed by atoms with Crippen LogP contribution < -0.4 is 10.5 Å². The second-order valence-electron chi connectivity index (χ2n) is 3.84. The molecule has 0 spiro atoms. The van der Waals surface area contributed by atoms with E-state index >= 15 is 0 Å². The van der Waals surface area contributed by atoms with Crippen LogP contribution in [0, 0.1) is 6.92 Å². The molecule has 0 unspecified atom stereocenters. The van der Waals surface area contributed by atoms with Gasteiger partial charge in [-0.3, -0.25) is 4.98 Å². The summed E-state index contributed by atoms with van der Waals surface area (Å²) >= 11 is 1.54. The van der Waals surface area contributed by atoms with Gasteiger partial charge in [0.05, 0.1) is 17.0 Å². The minimum absolute atomic E-state index is 0.111. The Hall–Kier alpha value is -1.44. The van der Waals surface area contributed by atoms with Gasteiger partial charge in [-0.05, 0) is 24.6 Å². The van der Waals surface area contributed by atoms with Crippen molar-refractivity contribution in [3.8, 4) is 0 Å². The van der Waals surface area contributed by atoms with E-state index in [-0.39, 0.29) is 4.90 Å². The standard InChI is InChI=1S/C11H13N3O2S2/c1-8-2-3-10(18(12,15)16)4-11(8)14-6-9-5-13-7-17-9/h2-5,7,14H,6H2,1H3,(H2,12,15,16). The molecule has 0 radical (unpaired) electrons. The van der Waals surface area contributed by atoms with Gasteiger partial charge in [-0.2, -0.15) is 0 Å². The molecule has 2 rings (SSSR count). The largest absolute Gasteiger partial charge is 0.380 e. The summed E-state index contributed by atoms with van der Waals surface area (Å²) in [5, 5.41) is 8.28. The lowest BCUT2D eigenvalue weighted by atomic mass is 10.2. The Bertz CT molecular complexity index is 636. The number of hydrogen-bond acceptors (Lipinski definition) is 5. The fraction of sp³-hybridized carbons (Fsp3) is 0.182. The number of nitrogens with two attached hydrogens (primary N) is 1. The number of primary sulfonamides is 1. The molecule has 0 fully saturated rings. The Labute approximate surface area is 110 Å². The van der Waals surface area contributed by atoms with E-state index in [1.165, 1.54) is 6.07 Å². The lowest BCUT2D eigenvalue weighted by molar-refractivity contribution is 0.598. The fourth-order valence-corrected chi connectivity index (χ4v) is 2.55. The highest BCUT2D eigenvalue weighted by molar-refractivity contribution is 7.89. The number of thiazole rings is 1. The van der Waals surface area contributed by atoms with E-state index in [1.807, 2.05) is 6.92 Å². The number of rotatable bonds is 4. The van der Waals surface area contributed by atoms with Gasteiger partial charge in [0.15, 0.2) is 0 Å². The van der Waals surface area contributed by atoms with Crippen molar-refractivity contribution in [2.45, 2.75) is 18.4 Å². The van der Waals surface area contributed by atoms with Crippen LogP contribution in [0.25, 0.3) is 0 Å². The van der Waals surface area contributed by atoms with Gasteiger partial charge in [-0.15, -0.1) is 11.3 Å². The molecule has 0 amide bonds. The third-order valence-corrected chi connectivity index (χ3v) is 4.16. The summed E-state index contributed by atoms with van der Waals surface area (Å²) in [5.41, 5.74) is 3.48. The number of hydrogen-bond donors (Lipinski definition) is 2. The van der Waals surface area contributed by atoms with Crippen LogP contribution in [0.15, 0.2) is 34.8 Å². The monoisotopic (exact) mass is 283 g/mol. The molecule has 0 saturated heterocycles. The van der Waals surface area contributed by atoms with Crippen LogP contribution in [0.5, 0.6) is 0 Å². The van der Waals surface area contributed by atoms with Gasteiger partial charge < -0.3 is 5.32 Å². The van der Waals surface area contributed by atoms with E-state index in [0.717, 1.165) is 16.1 Å². The minimum Gasteiger partial charge on any atom is -0.380 e. The van der Waals surface area contributed by atoms with Crippen molar-refractivity contribution >= 4 is 27.0 Å². The molecule has 0 aliphatic carbocycles. The maximum atomic E-state index is 11.3. The Morgan fingerprint density at radius 1 is 1.44 bits per heavy atom. The molecule has 1 aromatic heterocycles. The molecule has 0 bridgehead atoms. The average Bonchev–Trinajstić information content (AvgIpc) is 2.79. The van der Waals surface area contributed by atoms with Gasteiger partial charge >= 0.3 is 0 Å². The van der Waals surface area contributed by atoms with E-state index < -0.39 is 10.0 Å². The highest BCUT2D eigenvalue weighted by Gasteiger charge is 2.09. The Morgan fingerprint density at radius 2 is 2.22 bits per heavy atom. The quantitative estimate of drug-likeness (QED) is 0.894. The molecule has 1 aromatic carbocycles. The highest BCUT2D eigenvalue weighted by atomic mass is 32.2. The van der Waals surface area contributed by atoms with Crippen molar-refractivity contribution in [1.82, 2.24) is 4.98 Å². The number of anilines is 1. The number of benzene rings is 1. The fourth-order valence-electron chi connectivity index (χ4n) is 1.48. The van der Waals surface area contributed by atoms with Crippen molar-refractivity contribution in [2.24, 2.45) is 5.14 Å². The third kappa shape index (κ3) is 3.06. The van der Waals surface area contributed by atoms with E-state index in [2.05, 4.69) is 10.3 Å². The molecule has 0 atom stereocenters. The first-order valence-corrected chi connectivity index (χ1v) is 7.64. The first-order chi connectivity index (χ1) is 8.47. The SMILES string of the molecule is Cc1ccc(S(N)(=O)=O)cc1NCc1cncs1. The van der Waals surface area contributed by atoms with E-state index in [4.69, 9.17) is 5.14 Å². The summed E-state index contributed by atoms with van der Waals surface area (Å²) in [6.07, 6.45) is 1.77. The Kier molecular flexibility index (Phi) is 3.65. The second-order valence-corrected chi connectivity index (χ2v) is 6.38. The molecule has 5 nitrogen and oxygen atoms in total. The Morgan fingerprint density at radius 3 is 2.83 bits per heavy atom. The molecule has 7 heteroatoms. The number of sulfonamides is 1. The summed E-state index contributed by atoms with van der Waals surface area (Å²) in [6, 6.07) is 4.78. The summed E-state index contributed by atoms with van der Waals surface area (Å²) in [4.78, 5) is 5.17. The lowest BCUT2D eigenvalue weighted by Gasteiger charge is -2.09. The predicted molar refractivity (Wildman–Crippen MR) is 72.0 cm³/mol. The van der Waals surface area contributed by atoms with Crippen molar-refractivity contribution in [3.63, 3.8) is 0 Å². The van der Waals surface area contributed by atoms with Gasteiger partial charge in [0.2, 0.25) is 10.0 Å². The van der Waals surface area contributed by atoms with Crippen molar-refractivity contribution in [3.05, 3.63) is 40.3 Å². The van der Waals surface area contributed by atoms with E-state index in [1.54, 1.807) is 35.2 Å². The molecule has 96 valence electrons. The van der Waals surface area contributed by atoms with Crippen LogP contribution in [0.2, 0.25) is 0 Å².